The molecular weight excluding hydrogens is 212 g/mol. The molecule has 1 unspecified atom stereocenters. The van der Waals surface area contributed by atoms with Crippen molar-refractivity contribution < 1.29 is 4.79 Å². The van der Waals surface area contributed by atoms with Crippen LogP contribution < -0.4 is 0 Å². The largest absolute Gasteiger partial charge is 0.340 e. The summed E-state index contributed by atoms with van der Waals surface area (Å²) in [7, 11) is 0. The van der Waals surface area contributed by atoms with E-state index in [0.29, 0.717) is 18.4 Å². The Morgan fingerprint density at radius 1 is 1.24 bits per heavy atom. The van der Waals surface area contributed by atoms with Crippen molar-refractivity contribution in [2.75, 3.05) is 26.2 Å². The molecule has 100 valence electrons. The van der Waals surface area contributed by atoms with Gasteiger partial charge in [-0.1, -0.05) is 20.8 Å². The number of carbonyl (C=O) groups excluding carboxylic acids is 1. The van der Waals surface area contributed by atoms with Crippen LogP contribution in [0, 0.1) is 0 Å². The summed E-state index contributed by atoms with van der Waals surface area (Å²) in [5, 5.41) is 0. The fourth-order valence-electron chi connectivity index (χ4n) is 2.69. The van der Waals surface area contributed by atoms with Gasteiger partial charge in [0.05, 0.1) is 0 Å². The first-order valence-corrected chi connectivity index (χ1v) is 7.24. The Kier molecular flexibility index (Phi) is 6.56. The van der Waals surface area contributed by atoms with Gasteiger partial charge in [-0.3, -0.25) is 4.79 Å². The molecule has 1 aliphatic rings. The summed E-state index contributed by atoms with van der Waals surface area (Å²) in [6.45, 7) is 10.5. The molecule has 1 aliphatic heterocycles. The lowest BCUT2D eigenvalue weighted by atomic mass is 9.99. The number of likely N-dealkylation sites (tertiary alicyclic amines) is 1. The van der Waals surface area contributed by atoms with Gasteiger partial charge in [0.2, 0.25) is 5.91 Å². The fourth-order valence-corrected chi connectivity index (χ4v) is 2.69. The Labute approximate surface area is 106 Å². The monoisotopic (exact) mass is 240 g/mol. The summed E-state index contributed by atoms with van der Waals surface area (Å²) >= 11 is 0. The van der Waals surface area contributed by atoms with Gasteiger partial charge >= 0.3 is 0 Å². The highest BCUT2D eigenvalue weighted by atomic mass is 16.2. The highest BCUT2D eigenvalue weighted by Gasteiger charge is 2.24. The smallest absolute Gasteiger partial charge is 0.224 e. The van der Waals surface area contributed by atoms with E-state index in [1.807, 2.05) is 0 Å². The quantitative estimate of drug-likeness (QED) is 0.712. The topological polar surface area (TPSA) is 23.6 Å². The molecule has 1 amide bonds. The van der Waals surface area contributed by atoms with E-state index in [4.69, 9.17) is 0 Å². The highest BCUT2D eigenvalue weighted by Crippen LogP contribution is 2.20. The Morgan fingerprint density at radius 3 is 2.53 bits per heavy atom. The molecule has 1 rings (SSSR count). The molecule has 0 radical (unpaired) electrons. The summed E-state index contributed by atoms with van der Waals surface area (Å²) in [6.07, 6.45) is 5.48. The van der Waals surface area contributed by atoms with Crippen LogP contribution in [0.2, 0.25) is 0 Å². The van der Waals surface area contributed by atoms with Crippen LogP contribution in [-0.4, -0.2) is 47.9 Å². The summed E-state index contributed by atoms with van der Waals surface area (Å²) in [5.41, 5.74) is 0. The highest BCUT2D eigenvalue weighted by molar-refractivity contribution is 5.76. The van der Waals surface area contributed by atoms with Gasteiger partial charge in [0.15, 0.2) is 0 Å². The van der Waals surface area contributed by atoms with E-state index >= 15 is 0 Å². The summed E-state index contributed by atoms with van der Waals surface area (Å²) in [6, 6.07) is 0.507. The maximum Gasteiger partial charge on any atom is 0.224 e. The number of carbonyl (C=O) groups is 1. The minimum Gasteiger partial charge on any atom is -0.340 e. The molecule has 0 spiro atoms. The van der Waals surface area contributed by atoms with Crippen LogP contribution in [0.15, 0.2) is 0 Å². The van der Waals surface area contributed by atoms with Crippen LogP contribution in [0.5, 0.6) is 0 Å². The maximum absolute atomic E-state index is 12.2. The van der Waals surface area contributed by atoms with Gasteiger partial charge in [-0.05, 0) is 38.8 Å². The molecule has 0 aromatic rings. The second-order valence-corrected chi connectivity index (χ2v) is 4.92. The van der Waals surface area contributed by atoms with Crippen molar-refractivity contribution in [1.82, 2.24) is 9.80 Å². The van der Waals surface area contributed by atoms with Crippen LogP contribution in [0.25, 0.3) is 0 Å². The van der Waals surface area contributed by atoms with Gasteiger partial charge in [0.25, 0.3) is 0 Å². The van der Waals surface area contributed by atoms with Crippen molar-refractivity contribution in [2.24, 2.45) is 0 Å². The Hall–Kier alpha value is -0.570. The van der Waals surface area contributed by atoms with E-state index in [9.17, 15) is 4.79 Å². The lowest BCUT2D eigenvalue weighted by Gasteiger charge is -2.35. The lowest BCUT2D eigenvalue weighted by molar-refractivity contribution is -0.135. The lowest BCUT2D eigenvalue weighted by Crippen LogP contribution is -2.44. The Morgan fingerprint density at radius 2 is 1.94 bits per heavy atom. The van der Waals surface area contributed by atoms with E-state index in [1.54, 1.807) is 0 Å². The molecule has 3 nitrogen and oxygen atoms in total. The Balaban J connectivity index is 2.39. The van der Waals surface area contributed by atoms with Gasteiger partial charge < -0.3 is 9.80 Å². The number of amides is 1. The molecular formula is C14H28N2O. The first kappa shape index (κ1) is 14.5. The molecule has 0 aliphatic carbocycles. The minimum atomic E-state index is 0.364. The predicted molar refractivity (Wildman–Crippen MR) is 72.0 cm³/mol. The predicted octanol–water partition coefficient (Wildman–Crippen LogP) is 2.51. The molecule has 0 aromatic carbocycles. The van der Waals surface area contributed by atoms with Crippen LogP contribution in [0.1, 0.15) is 52.9 Å². The number of piperidine rings is 1. The SMILES string of the molecule is CCC1CCCCN1C(=O)CCN(CC)CC. The van der Waals surface area contributed by atoms with Crippen molar-refractivity contribution in [1.29, 1.82) is 0 Å². The number of hydrogen-bond acceptors (Lipinski definition) is 2. The van der Waals surface area contributed by atoms with Gasteiger partial charge in [-0.15, -0.1) is 0 Å². The van der Waals surface area contributed by atoms with Gasteiger partial charge in [-0.2, -0.15) is 0 Å². The zero-order valence-corrected chi connectivity index (χ0v) is 11.7. The van der Waals surface area contributed by atoms with Gasteiger partial charge in [0, 0.05) is 25.6 Å². The van der Waals surface area contributed by atoms with E-state index in [1.165, 1.54) is 19.3 Å². The van der Waals surface area contributed by atoms with Crippen molar-refractivity contribution in [3.8, 4) is 0 Å². The summed E-state index contributed by atoms with van der Waals surface area (Å²) in [4.78, 5) is 16.7. The normalized spacial score (nSPS) is 20.9. The van der Waals surface area contributed by atoms with E-state index in [0.717, 1.165) is 32.6 Å². The number of hydrogen-bond donors (Lipinski definition) is 0. The molecule has 0 saturated carbocycles. The molecule has 3 heteroatoms. The summed E-state index contributed by atoms with van der Waals surface area (Å²) in [5.74, 6) is 0.364. The van der Waals surface area contributed by atoms with Crippen LogP contribution in [0.3, 0.4) is 0 Å². The average Bonchev–Trinajstić information content (AvgIpc) is 2.39. The third-order valence-electron chi connectivity index (χ3n) is 3.96. The van der Waals surface area contributed by atoms with Gasteiger partial charge in [0.1, 0.15) is 0 Å². The molecule has 1 saturated heterocycles. The van der Waals surface area contributed by atoms with E-state index < -0.39 is 0 Å². The molecule has 1 fully saturated rings. The van der Waals surface area contributed by atoms with Crippen LogP contribution in [0.4, 0.5) is 0 Å². The standard InChI is InChI=1S/C14H28N2O/c1-4-13-9-7-8-11-16(13)14(17)10-12-15(5-2)6-3/h13H,4-12H2,1-3H3. The Bertz CT molecular complexity index is 226. The van der Waals surface area contributed by atoms with Gasteiger partial charge in [-0.25, -0.2) is 0 Å². The minimum absolute atomic E-state index is 0.364. The first-order valence-electron chi connectivity index (χ1n) is 7.24. The third kappa shape index (κ3) is 4.30. The second kappa shape index (κ2) is 7.70. The average molecular weight is 240 g/mol. The van der Waals surface area contributed by atoms with Crippen molar-refractivity contribution in [3.63, 3.8) is 0 Å². The van der Waals surface area contributed by atoms with Crippen LogP contribution >= 0.6 is 0 Å². The molecule has 1 heterocycles. The van der Waals surface area contributed by atoms with Crippen molar-refractivity contribution in [2.45, 2.75) is 58.9 Å². The number of nitrogens with zero attached hydrogens (tertiary/aromatic N) is 2. The fraction of sp³-hybridized carbons (Fsp3) is 0.929. The zero-order valence-electron chi connectivity index (χ0n) is 11.7. The molecule has 17 heavy (non-hydrogen) atoms. The molecule has 1 atom stereocenters. The van der Waals surface area contributed by atoms with E-state index in [2.05, 4.69) is 30.6 Å². The maximum atomic E-state index is 12.2. The first-order chi connectivity index (χ1) is 8.22. The molecule has 0 bridgehead atoms. The van der Waals surface area contributed by atoms with Crippen molar-refractivity contribution in [3.05, 3.63) is 0 Å². The molecule has 0 aromatic heterocycles. The number of rotatable bonds is 6. The van der Waals surface area contributed by atoms with E-state index in [-0.39, 0.29) is 0 Å². The van der Waals surface area contributed by atoms with Crippen LogP contribution in [-0.2, 0) is 4.79 Å². The second-order valence-electron chi connectivity index (χ2n) is 4.92. The zero-order chi connectivity index (χ0) is 12.7. The molecule has 0 N–H and O–H groups in total. The van der Waals surface area contributed by atoms with Crippen molar-refractivity contribution >= 4 is 5.91 Å². The summed E-state index contributed by atoms with van der Waals surface area (Å²) < 4.78 is 0. The third-order valence-corrected chi connectivity index (χ3v) is 3.96.